The van der Waals surface area contributed by atoms with Crippen molar-refractivity contribution in [3.05, 3.63) is 81.4 Å². The minimum Gasteiger partial charge on any atom is -0.507 e. The van der Waals surface area contributed by atoms with E-state index in [9.17, 15) is 24.8 Å². The average molecular weight is 412 g/mol. The molecule has 0 saturated carbocycles. The summed E-state index contributed by atoms with van der Waals surface area (Å²) in [6.45, 7) is 0.0743. The largest absolute Gasteiger partial charge is 0.507 e. The van der Waals surface area contributed by atoms with Gasteiger partial charge in [-0.3, -0.25) is 19.7 Å². The quantitative estimate of drug-likeness (QED) is 0.169. The highest BCUT2D eigenvalue weighted by molar-refractivity contribution is 6.46. The van der Waals surface area contributed by atoms with Crippen LogP contribution in [-0.4, -0.2) is 58.1 Å². The zero-order valence-corrected chi connectivity index (χ0v) is 15.9. The molecule has 2 aromatic rings. The minimum atomic E-state index is -0.880. The van der Waals surface area contributed by atoms with Crippen LogP contribution in [0.15, 0.2) is 60.2 Å². The van der Waals surface area contributed by atoms with Crippen LogP contribution in [0.2, 0.25) is 0 Å². The van der Waals surface area contributed by atoms with Crippen LogP contribution >= 0.6 is 0 Å². The Morgan fingerprint density at radius 1 is 1.10 bits per heavy atom. The lowest BCUT2D eigenvalue weighted by atomic mass is 9.95. The first kappa shape index (κ1) is 21.2. The van der Waals surface area contributed by atoms with E-state index in [0.717, 1.165) is 6.07 Å². The molecule has 1 aliphatic rings. The number of nitro benzene ring substituents is 1. The molecule has 9 nitrogen and oxygen atoms in total. The van der Waals surface area contributed by atoms with Gasteiger partial charge in [-0.05, 0) is 5.56 Å². The standard InChI is InChI=1S/C21H20N2O7/c24-10-12-30-11-9-22-18(14-5-2-1-3-6-14)17(20(26)21(22)27)19(25)15-7-4-8-16(13-15)23(28)29/h1-8,13,18,24-25H,9-12H2/b19-17+. The molecule has 30 heavy (non-hydrogen) atoms. The van der Waals surface area contributed by atoms with E-state index in [2.05, 4.69) is 0 Å². The number of Topliss-reactive ketones (excluding diaryl/α,β-unsaturated/α-hetero) is 1. The van der Waals surface area contributed by atoms with Crippen LogP contribution in [0.5, 0.6) is 0 Å². The first-order chi connectivity index (χ1) is 14.5. The Kier molecular flexibility index (Phi) is 6.55. The second kappa shape index (κ2) is 9.29. The Hall–Kier alpha value is -3.56. The summed E-state index contributed by atoms with van der Waals surface area (Å²) in [4.78, 5) is 37.2. The highest BCUT2D eigenvalue weighted by Crippen LogP contribution is 2.39. The van der Waals surface area contributed by atoms with Crippen molar-refractivity contribution >= 4 is 23.1 Å². The van der Waals surface area contributed by atoms with E-state index in [-0.39, 0.29) is 43.2 Å². The molecule has 9 heteroatoms. The maximum absolute atomic E-state index is 12.8. The van der Waals surface area contributed by atoms with Crippen LogP contribution in [0.4, 0.5) is 5.69 Å². The highest BCUT2D eigenvalue weighted by Gasteiger charge is 2.45. The zero-order valence-electron chi connectivity index (χ0n) is 15.9. The van der Waals surface area contributed by atoms with Gasteiger partial charge >= 0.3 is 0 Å². The molecule has 1 atom stereocenters. The van der Waals surface area contributed by atoms with Crippen molar-refractivity contribution in [1.82, 2.24) is 4.90 Å². The fourth-order valence-corrected chi connectivity index (χ4v) is 3.34. The maximum atomic E-state index is 12.8. The number of ether oxygens (including phenoxy) is 1. The Morgan fingerprint density at radius 3 is 2.50 bits per heavy atom. The number of nitrogens with zero attached hydrogens (tertiary/aromatic N) is 2. The van der Waals surface area contributed by atoms with Crippen molar-refractivity contribution in [1.29, 1.82) is 0 Å². The molecule has 0 spiro atoms. The third-order valence-corrected chi connectivity index (χ3v) is 4.70. The van der Waals surface area contributed by atoms with Gasteiger partial charge in [0.1, 0.15) is 5.76 Å². The zero-order chi connectivity index (χ0) is 21.7. The van der Waals surface area contributed by atoms with Gasteiger partial charge in [0.25, 0.3) is 17.4 Å². The normalized spacial score (nSPS) is 18.0. The molecule has 0 aromatic heterocycles. The topological polar surface area (TPSA) is 130 Å². The van der Waals surface area contributed by atoms with E-state index in [4.69, 9.17) is 9.84 Å². The first-order valence-corrected chi connectivity index (χ1v) is 9.22. The van der Waals surface area contributed by atoms with E-state index >= 15 is 0 Å². The summed E-state index contributed by atoms with van der Waals surface area (Å²) >= 11 is 0. The molecule has 0 bridgehead atoms. The number of hydrogen-bond acceptors (Lipinski definition) is 7. The van der Waals surface area contributed by atoms with Crippen LogP contribution in [-0.2, 0) is 14.3 Å². The number of ketones is 1. The molecule has 0 aliphatic carbocycles. The number of hydrogen-bond donors (Lipinski definition) is 2. The van der Waals surface area contributed by atoms with Crippen molar-refractivity contribution in [2.24, 2.45) is 0 Å². The third-order valence-electron chi connectivity index (χ3n) is 4.70. The van der Waals surface area contributed by atoms with Gasteiger partial charge in [0.2, 0.25) is 0 Å². The summed E-state index contributed by atoms with van der Waals surface area (Å²) in [6, 6.07) is 13.1. The smallest absolute Gasteiger partial charge is 0.295 e. The van der Waals surface area contributed by atoms with Gasteiger partial charge in [0.05, 0.1) is 36.4 Å². The van der Waals surface area contributed by atoms with Crippen LogP contribution < -0.4 is 0 Å². The van der Waals surface area contributed by atoms with Gasteiger partial charge in [0, 0.05) is 24.2 Å². The molecule has 1 saturated heterocycles. The number of likely N-dealkylation sites (tertiary alicyclic amines) is 1. The Bertz CT molecular complexity index is 988. The van der Waals surface area contributed by atoms with E-state index in [0.29, 0.717) is 5.56 Å². The van der Waals surface area contributed by atoms with Gasteiger partial charge in [0.15, 0.2) is 0 Å². The van der Waals surface area contributed by atoms with Gasteiger partial charge in [-0.25, -0.2) is 0 Å². The second-order valence-corrected chi connectivity index (χ2v) is 6.55. The van der Waals surface area contributed by atoms with Gasteiger partial charge in [-0.2, -0.15) is 0 Å². The van der Waals surface area contributed by atoms with E-state index in [1.807, 2.05) is 0 Å². The molecule has 1 unspecified atom stereocenters. The van der Waals surface area contributed by atoms with Crippen molar-refractivity contribution in [2.75, 3.05) is 26.4 Å². The maximum Gasteiger partial charge on any atom is 0.295 e. The number of non-ortho nitro benzene ring substituents is 1. The summed E-state index contributed by atoms with van der Waals surface area (Å²) in [5.41, 5.74) is 0.279. The Morgan fingerprint density at radius 2 is 1.83 bits per heavy atom. The number of rotatable bonds is 8. The van der Waals surface area contributed by atoms with Gasteiger partial charge in [-0.1, -0.05) is 42.5 Å². The molecule has 0 radical (unpaired) electrons. The van der Waals surface area contributed by atoms with E-state index < -0.39 is 28.4 Å². The summed E-state index contributed by atoms with van der Waals surface area (Å²) in [5, 5.41) is 30.8. The second-order valence-electron chi connectivity index (χ2n) is 6.55. The lowest BCUT2D eigenvalue weighted by molar-refractivity contribution is -0.384. The fraction of sp³-hybridized carbons (Fsp3) is 0.238. The SMILES string of the molecule is O=C1C(=O)N(CCOCCO)C(c2ccccc2)/C1=C(\O)c1cccc([N+](=O)[O-])c1. The number of carbonyl (C=O) groups excluding carboxylic acids is 2. The highest BCUT2D eigenvalue weighted by atomic mass is 16.6. The Labute approximate surface area is 172 Å². The van der Waals surface area contributed by atoms with Crippen LogP contribution in [0.3, 0.4) is 0 Å². The molecular formula is C21H20N2O7. The summed E-state index contributed by atoms with van der Waals surface area (Å²) in [7, 11) is 0. The monoisotopic (exact) mass is 412 g/mol. The number of nitro groups is 1. The molecule has 3 rings (SSSR count). The minimum absolute atomic E-state index is 0.0653. The molecule has 1 heterocycles. The predicted octanol–water partition coefficient (Wildman–Crippen LogP) is 2.03. The molecule has 2 N–H and O–H groups in total. The summed E-state index contributed by atoms with van der Waals surface area (Å²) in [6.07, 6.45) is 0. The van der Waals surface area contributed by atoms with Crippen molar-refractivity contribution in [3.8, 4) is 0 Å². The third kappa shape index (κ3) is 4.22. The molecule has 156 valence electrons. The first-order valence-electron chi connectivity index (χ1n) is 9.22. The van der Waals surface area contributed by atoms with Crippen molar-refractivity contribution in [2.45, 2.75) is 6.04 Å². The predicted molar refractivity (Wildman–Crippen MR) is 106 cm³/mol. The molecule has 2 aromatic carbocycles. The van der Waals surface area contributed by atoms with Gasteiger partial charge < -0.3 is 19.8 Å². The molecule has 1 aliphatic heterocycles. The number of carbonyl (C=O) groups is 2. The number of aliphatic hydroxyl groups is 2. The van der Waals surface area contributed by atoms with E-state index in [1.54, 1.807) is 30.3 Å². The number of amides is 1. The molecular weight excluding hydrogens is 392 g/mol. The number of benzene rings is 2. The lowest BCUT2D eigenvalue weighted by Gasteiger charge is -2.25. The number of aliphatic hydroxyl groups excluding tert-OH is 2. The Balaban J connectivity index is 2.07. The van der Waals surface area contributed by atoms with E-state index in [1.165, 1.54) is 23.1 Å². The van der Waals surface area contributed by atoms with Crippen molar-refractivity contribution in [3.63, 3.8) is 0 Å². The lowest BCUT2D eigenvalue weighted by Crippen LogP contribution is -2.33. The molecule has 1 amide bonds. The van der Waals surface area contributed by atoms with Crippen molar-refractivity contribution < 1.29 is 29.5 Å². The molecule has 1 fully saturated rings. The summed E-state index contributed by atoms with van der Waals surface area (Å²) in [5.74, 6) is -2.16. The van der Waals surface area contributed by atoms with Crippen LogP contribution in [0.25, 0.3) is 5.76 Å². The average Bonchev–Trinajstić information content (AvgIpc) is 3.01. The fourth-order valence-electron chi connectivity index (χ4n) is 3.34. The summed E-state index contributed by atoms with van der Waals surface area (Å²) < 4.78 is 5.23. The van der Waals surface area contributed by atoms with Crippen LogP contribution in [0.1, 0.15) is 17.2 Å². The van der Waals surface area contributed by atoms with Crippen LogP contribution in [0, 0.1) is 10.1 Å². The van der Waals surface area contributed by atoms with Gasteiger partial charge in [-0.15, -0.1) is 0 Å².